The van der Waals surface area contributed by atoms with Gasteiger partial charge in [-0.25, -0.2) is 18.2 Å². The van der Waals surface area contributed by atoms with E-state index in [0.717, 1.165) is 0 Å². The van der Waals surface area contributed by atoms with Crippen LogP contribution in [0.2, 0.25) is 10.0 Å². The minimum atomic E-state index is -3.93. The highest BCUT2D eigenvalue weighted by Crippen LogP contribution is 2.27. The van der Waals surface area contributed by atoms with Crippen LogP contribution in [-0.2, 0) is 25.3 Å². The van der Waals surface area contributed by atoms with Crippen molar-refractivity contribution in [3.63, 3.8) is 0 Å². The molecule has 2 heterocycles. The van der Waals surface area contributed by atoms with Crippen LogP contribution in [0.15, 0.2) is 24.3 Å². The third-order valence-electron chi connectivity index (χ3n) is 5.57. The summed E-state index contributed by atoms with van der Waals surface area (Å²) >= 11 is 11.8. The minimum Gasteiger partial charge on any atom is -0.462 e. The van der Waals surface area contributed by atoms with Crippen molar-refractivity contribution in [1.29, 1.82) is 5.26 Å². The molecule has 1 amide bonds. The Morgan fingerprint density at radius 1 is 1.23 bits per heavy atom. The van der Waals surface area contributed by atoms with Gasteiger partial charge >= 0.3 is 5.97 Å². The van der Waals surface area contributed by atoms with E-state index in [1.54, 1.807) is 13.8 Å². The predicted octanol–water partition coefficient (Wildman–Crippen LogP) is 3.61. The Bertz CT molecular complexity index is 1290. The van der Waals surface area contributed by atoms with Crippen molar-refractivity contribution in [2.75, 3.05) is 24.6 Å². The average molecular weight is 539 g/mol. The number of rotatable bonds is 7. The van der Waals surface area contributed by atoms with Gasteiger partial charge in [0, 0.05) is 19.0 Å². The second kappa shape index (κ2) is 11.2. The van der Waals surface area contributed by atoms with E-state index in [9.17, 15) is 23.3 Å². The van der Waals surface area contributed by atoms with Crippen molar-refractivity contribution in [2.24, 2.45) is 5.92 Å². The lowest BCUT2D eigenvalue weighted by Gasteiger charge is -2.32. The number of nitriles is 1. The number of nitrogens with zero attached hydrogens (tertiary/aromatic N) is 3. The molecule has 35 heavy (non-hydrogen) atoms. The van der Waals surface area contributed by atoms with E-state index in [1.807, 2.05) is 4.90 Å². The molecule has 1 aliphatic rings. The van der Waals surface area contributed by atoms with Gasteiger partial charge in [0.2, 0.25) is 15.9 Å². The van der Waals surface area contributed by atoms with Crippen LogP contribution in [-0.4, -0.2) is 45.0 Å². The van der Waals surface area contributed by atoms with Crippen molar-refractivity contribution in [2.45, 2.75) is 32.4 Å². The number of benzene rings is 1. The van der Waals surface area contributed by atoms with Gasteiger partial charge in [0.15, 0.2) is 0 Å². The van der Waals surface area contributed by atoms with E-state index in [0.29, 0.717) is 48.0 Å². The maximum Gasteiger partial charge on any atom is 0.340 e. The van der Waals surface area contributed by atoms with Gasteiger partial charge in [0.25, 0.3) is 0 Å². The molecular formula is C23H24Cl2N4O5S. The van der Waals surface area contributed by atoms with Gasteiger partial charge in [-0.3, -0.25) is 9.52 Å². The summed E-state index contributed by atoms with van der Waals surface area (Å²) in [6.45, 7) is 4.35. The van der Waals surface area contributed by atoms with E-state index >= 15 is 0 Å². The molecule has 0 saturated carbocycles. The first-order valence-electron chi connectivity index (χ1n) is 10.9. The topological polar surface area (TPSA) is 129 Å². The Morgan fingerprint density at radius 2 is 1.91 bits per heavy atom. The molecule has 0 spiro atoms. The van der Waals surface area contributed by atoms with Crippen LogP contribution in [0.1, 0.15) is 46.9 Å². The molecule has 0 atom stereocenters. The number of anilines is 1. The van der Waals surface area contributed by atoms with Crippen molar-refractivity contribution >= 4 is 50.9 Å². The first-order chi connectivity index (χ1) is 16.5. The molecule has 0 bridgehead atoms. The van der Waals surface area contributed by atoms with Gasteiger partial charge in [-0.2, -0.15) is 5.26 Å². The summed E-state index contributed by atoms with van der Waals surface area (Å²) in [5, 5.41) is 10.1. The Morgan fingerprint density at radius 3 is 2.51 bits per heavy atom. The standard InChI is InChI=1S/C23H24Cl2N4O5S/c1-3-34-23(31)18-11-17(12-26)21(27-14(18)2)29-8-6-16(7-9-29)22(30)28-35(32,33)13-15-4-5-19(24)20(25)10-15/h4-5,10-11,16H,3,6-9,13H2,1-2H3,(H,28,30). The van der Waals surface area contributed by atoms with Gasteiger partial charge in [0.1, 0.15) is 11.9 Å². The summed E-state index contributed by atoms with van der Waals surface area (Å²) in [5.41, 5.74) is 1.30. The Balaban J connectivity index is 1.64. The maximum absolute atomic E-state index is 12.7. The summed E-state index contributed by atoms with van der Waals surface area (Å²) in [7, 11) is -3.93. The molecule has 1 fully saturated rings. The van der Waals surface area contributed by atoms with Crippen LogP contribution >= 0.6 is 23.2 Å². The number of nitrogens with one attached hydrogen (secondary N) is 1. The number of ether oxygens (including phenoxy) is 1. The lowest BCUT2D eigenvalue weighted by Crippen LogP contribution is -2.43. The van der Waals surface area contributed by atoms with Gasteiger partial charge in [0.05, 0.1) is 39.2 Å². The molecule has 0 radical (unpaired) electrons. The number of carbonyl (C=O) groups excluding carboxylic acids is 2. The van der Waals surface area contributed by atoms with E-state index in [2.05, 4.69) is 15.8 Å². The number of aromatic nitrogens is 1. The smallest absolute Gasteiger partial charge is 0.340 e. The number of pyridine rings is 1. The number of halogens is 2. The van der Waals surface area contributed by atoms with Crippen LogP contribution in [0.4, 0.5) is 5.82 Å². The van der Waals surface area contributed by atoms with Crippen molar-refractivity contribution < 1.29 is 22.7 Å². The molecule has 1 aromatic carbocycles. The average Bonchev–Trinajstić information content (AvgIpc) is 2.81. The molecular weight excluding hydrogens is 515 g/mol. The van der Waals surface area contributed by atoms with E-state index in [1.165, 1.54) is 24.3 Å². The Labute approximate surface area is 214 Å². The fourth-order valence-electron chi connectivity index (χ4n) is 3.81. The normalized spacial score (nSPS) is 14.3. The molecule has 0 aliphatic carbocycles. The summed E-state index contributed by atoms with van der Waals surface area (Å²) in [4.78, 5) is 31.1. The SMILES string of the molecule is CCOC(=O)c1cc(C#N)c(N2CCC(C(=O)NS(=O)(=O)Cc3ccc(Cl)c(Cl)c3)CC2)nc1C. The van der Waals surface area contributed by atoms with Gasteiger partial charge in [-0.15, -0.1) is 0 Å². The summed E-state index contributed by atoms with van der Waals surface area (Å²) in [6, 6.07) is 8.00. The van der Waals surface area contributed by atoms with Crippen LogP contribution < -0.4 is 9.62 Å². The molecule has 9 nitrogen and oxygen atoms in total. The third kappa shape index (κ3) is 6.63. The maximum atomic E-state index is 12.7. The molecule has 1 N–H and O–H groups in total. The minimum absolute atomic E-state index is 0.209. The number of amides is 1. The number of carbonyl (C=O) groups is 2. The van der Waals surface area contributed by atoms with Crippen LogP contribution in [0.5, 0.6) is 0 Å². The molecule has 2 aromatic rings. The van der Waals surface area contributed by atoms with Gasteiger partial charge in [-0.05, 0) is 50.5 Å². The number of hydrogen-bond acceptors (Lipinski definition) is 8. The zero-order valence-electron chi connectivity index (χ0n) is 19.2. The van der Waals surface area contributed by atoms with Crippen LogP contribution in [0, 0.1) is 24.2 Å². The highest BCUT2D eigenvalue weighted by molar-refractivity contribution is 7.89. The largest absolute Gasteiger partial charge is 0.462 e. The lowest BCUT2D eigenvalue weighted by atomic mass is 9.96. The molecule has 3 rings (SSSR count). The Hall–Kier alpha value is -2.87. The summed E-state index contributed by atoms with van der Waals surface area (Å²) in [5.74, 6) is -1.62. The highest BCUT2D eigenvalue weighted by atomic mass is 35.5. The van der Waals surface area contributed by atoms with Crippen LogP contribution in [0.3, 0.4) is 0 Å². The first kappa shape index (κ1) is 26.7. The number of hydrogen-bond donors (Lipinski definition) is 1. The molecule has 0 unspecified atom stereocenters. The molecule has 12 heteroatoms. The van der Waals surface area contributed by atoms with E-state index in [-0.39, 0.29) is 22.8 Å². The van der Waals surface area contributed by atoms with Gasteiger partial charge < -0.3 is 9.64 Å². The Kier molecular flexibility index (Phi) is 8.59. The monoisotopic (exact) mass is 538 g/mol. The number of sulfonamides is 1. The molecule has 1 aliphatic heterocycles. The second-order valence-corrected chi connectivity index (χ2v) is 10.6. The molecule has 1 saturated heterocycles. The number of aryl methyl sites for hydroxylation is 1. The van der Waals surface area contributed by atoms with E-state index in [4.69, 9.17) is 27.9 Å². The lowest BCUT2D eigenvalue weighted by molar-refractivity contribution is -0.123. The summed E-state index contributed by atoms with van der Waals surface area (Å²) in [6.07, 6.45) is 0.749. The summed E-state index contributed by atoms with van der Waals surface area (Å²) < 4.78 is 32.1. The third-order valence-corrected chi connectivity index (χ3v) is 7.54. The first-order valence-corrected chi connectivity index (χ1v) is 13.3. The highest BCUT2D eigenvalue weighted by Gasteiger charge is 2.30. The zero-order chi connectivity index (χ0) is 25.8. The van der Waals surface area contributed by atoms with Gasteiger partial charge in [-0.1, -0.05) is 29.3 Å². The quantitative estimate of drug-likeness (QED) is 0.529. The fraction of sp³-hybridized carbons (Fsp3) is 0.391. The number of esters is 1. The zero-order valence-corrected chi connectivity index (χ0v) is 21.5. The predicted molar refractivity (Wildman–Crippen MR) is 132 cm³/mol. The second-order valence-electron chi connectivity index (χ2n) is 8.06. The van der Waals surface area contributed by atoms with E-state index < -0.39 is 33.6 Å². The van der Waals surface area contributed by atoms with Crippen LogP contribution in [0.25, 0.3) is 0 Å². The van der Waals surface area contributed by atoms with Crippen molar-refractivity contribution in [3.8, 4) is 6.07 Å². The fourth-order valence-corrected chi connectivity index (χ4v) is 5.29. The molecule has 1 aromatic heterocycles. The molecule has 186 valence electrons. The van der Waals surface area contributed by atoms with Crippen molar-refractivity contribution in [3.05, 3.63) is 56.7 Å². The van der Waals surface area contributed by atoms with Crippen molar-refractivity contribution in [1.82, 2.24) is 9.71 Å². The number of piperidine rings is 1.